The first-order valence-corrected chi connectivity index (χ1v) is 5.57. The minimum atomic E-state index is 0.436. The van der Waals surface area contributed by atoms with Gasteiger partial charge in [-0.15, -0.1) is 10.2 Å². The largest absolute Gasteiger partial charge is 0.369 e. The summed E-state index contributed by atoms with van der Waals surface area (Å²) in [5.41, 5.74) is 8.42. The molecule has 0 amide bonds. The Morgan fingerprint density at radius 1 is 1.28 bits per heavy atom. The molecule has 0 radical (unpaired) electrons. The minimum absolute atomic E-state index is 0.436. The molecule has 3 rings (SSSR count). The van der Waals surface area contributed by atoms with Crippen LogP contribution in [0.5, 0.6) is 0 Å². The van der Waals surface area contributed by atoms with E-state index in [0.29, 0.717) is 12.5 Å². The van der Waals surface area contributed by atoms with E-state index in [1.54, 1.807) is 6.33 Å². The van der Waals surface area contributed by atoms with Gasteiger partial charge in [0.25, 0.3) is 0 Å². The van der Waals surface area contributed by atoms with Crippen LogP contribution in [0.2, 0.25) is 0 Å². The zero-order chi connectivity index (χ0) is 12.7. The van der Waals surface area contributed by atoms with E-state index in [2.05, 4.69) is 20.2 Å². The zero-order valence-electron chi connectivity index (χ0n) is 10.2. The third kappa shape index (κ3) is 1.60. The molecule has 7 heteroatoms. The summed E-state index contributed by atoms with van der Waals surface area (Å²) in [6.45, 7) is 2.45. The Hall–Kier alpha value is -2.44. The fourth-order valence-electron chi connectivity index (χ4n) is 1.86. The van der Waals surface area contributed by atoms with E-state index in [-0.39, 0.29) is 0 Å². The van der Waals surface area contributed by atoms with Crippen molar-refractivity contribution in [2.45, 2.75) is 13.5 Å². The lowest BCUT2D eigenvalue weighted by atomic mass is 10.3. The molecule has 2 N–H and O–H groups in total. The molecule has 0 aromatic carbocycles. The summed E-state index contributed by atoms with van der Waals surface area (Å²) in [5.74, 6) is 1.25. The van der Waals surface area contributed by atoms with Crippen molar-refractivity contribution in [3.63, 3.8) is 0 Å². The lowest BCUT2D eigenvalue weighted by molar-refractivity contribution is 0.713. The number of aromatic nitrogens is 6. The zero-order valence-corrected chi connectivity index (χ0v) is 10.2. The Kier molecular flexibility index (Phi) is 2.26. The van der Waals surface area contributed by atoms with E-state index in [1.165, 1.54) is 0 Å². The number of hydrogen-bond acceptors (Lipinski definition) is 5. The number of rotatable bonds is 2. The number of aryl methyl sites for hydroxylation is 2. The normalized spacial score (nSPS) is 11.2. The van der Waals surface area contributed by atoms with Crippen LogP contribution in [0.3, 0.4) is 0 Å². The van der Waals surface area contributed by atoms with Gasteiger partial charge < -0.3 is 10.3 Å². The van der Waals surface area contributed by atoms with Crippen molar-refractivity contribution >= 4 is 17.1 Å². The molecule has 0 saturated heterocycles. The molecule has 0 fully saturated rings. The molecule has 0 saturated carbocycles. The molecule has 0 atom stereocenters. The van der Waals surface area contributed by atoms with Crippen LogP contribution in [0.4, 0.5) is 5.95 Å². The molecule has 0 spiro atoms. The number of pyridine rings is 1. The van der Waals surface area contributed by atoms with Gasteiger partial charge in [-0.3, -0.25) is 4.57 Å². The van der Waals surface area contributed by atoms with E-state index in [4.69, 9.17) is 5.73 Å². The van der Waals surface area contributed by atoms with Gasteiger partial charge in [0.15, 0.2) is 11.5 Å². The average molecular weight is 243 g/mol. The molecule has 3 heterocycles. The predicted molar refractivity (Wildman–Crippen MR) is 66.8 cm³/mol. The SMILES string of the molecule is Cc1ccc2nc(N)n(Cc3nncn3C)c2n1. The first-order valence-electron chi connectivity index (χ1n) is 5.57. The smallest absolute Gasteiger partial charge is 0.202 e. The van der Waals surface area contributed by atoms with Gasteiger partial charge in [0, 0.05) is 12.7 Å². The number of hydrogen-bond donors (Lipinski definition) is 1. The van der Waals surface area contributed by atoms with Crippen molar-refractivity contribution in [3.05, 3.63) is 30.0 Å². The van der Waals surface area contributed by atoms with E-state index in [9.17, 15) is 0 Å². The minimum Gasteiger partial charge on any atom is -0.369 e. The molecule has 18 heavy (non-hydrogen) atoms. The van der Waals surface area contributed by atoms with Gasteiger partial charge in [-0.25, -0.2) is 9.97 Å². The average Bonchev–Trinajstić information content (AvgIpc) is 2.86. The molecule has 7 nitrogen and oxygen atoms in total. The molecular formula is C11H13N7. The van der Waals surface area contributed by atoms with Crippen LogP contribution in [-0.4, -0.2) is 29.3 Å². The second kappa shape index (κ2) is 3.80. The maximum absolute atomic E-state index is 5.92. The van der Waals surface area contributed by atoms with Gasteiger partial charge in [-0.2, -0.15) is 0 Å². The third-order valence-electron chi connectivity index (χ3n) is 2.87. The lowest BCUT2D eigenvalue weighted by Gasteiger charge is -2.05. The summed E-state index contributed by atoms with van der Waals surface area (Å²) in [6, 6.07) is 3.84. The Labute approximate surface area is 103 Å². The number of fused-ring (bicyclic) bond motifs is 1. The van der Waals surface area contributed by atoms with Crippen LogP contribution in [0.15, 0.2) is 18.5 Å². The molecule has 0 bridgehead atoms. The topological polar surface area (TPSA) is 87.4 Å². The van der Waals surface area contributed by atoms with Crippen molar-refractivity contribution < 1.29 is 0 Å². The third-order valence-corrected chi connectivity index (χ3v) is 2.87. The van der Waals surface area contributed by atoms with Crippen LogP contribution >= 0.6 is 0 Å². The van der Waals surface area contributed by atoms with Crippen molar-refractivity contribution in [1.29, 1.82) is 0 Å². The van der Waals surface area contributed by atoms with Crippen LogP contribution in [-0.2, 0) is 13.6 Å². The first-order chi connectivity index (χ1) is 8.65. The van der Waals surface area contributed by atoms with Crippen molar-refractivity contribution in [3.8, 4) is 0 Å². The molecular weight excluding hydrogens is 230 g/mol. The van der Waals surface area contributed by atoms with Gasteiger partial charge in [0.05, 0.1) is 6.54 Å². The summed E-state index contributed by atoms with van der Waals surface area (Å²) in [4.78, 5) is 8.75. The van der Waals surface area contributed by atoms with Crippen molar-refractivity contribution in [2.24, 2.45) is 7.05 Å². The summed E-state index contributed by atoms with van der Waals surface area (Å²) < 4.78 is 3.69. The van der Waals surface area contributed by atoms with Crippen molar-refractivity contribution in [1.82, 2.24) is 29.3 Å². The molecule has 3 aromatic rings. The highest BCUT2D eigenvalue weighted by molar-refractivity contribution is 5.74. The standard InChI is InChI=1S/C11H13N7/c1-7-3-4-8-10(14-7)18(11(12)15-8)5-9-16-13-6-17(9)2/h3-4,6H,5H2,1-2H3,(H2,12,15). The predicted octanol–water partition coefficient (Wildman–Crippen LogP) is 0.499. The quantitative estimate of drug-likeness (QED) is 0.708. The Morgan fingerprint density at radius 3 is 2.83 bits per heavy atom. The molecule has 0 unspecified atom stereocenters. The second-order valence-electron chi connectivity index (χ2n) is 4.21. The van der Waals surface area contributed by atoms with Crippen LogP contribution in [0.25, 0.3) is 11.2 Å². The van der Waals surface area contributed by atoms with Gasteiger partial charge in [-0.05, 0) is 19.1 Å². The second-order valence-corrected chi connectivity index (χ2v) is 4.21. The fourth-order valence-corrected chi connectivity index (χ4v) is 1.86. The summed E-state index contributed by atoms with van der Waals surface area (Å²) >= 11 is 0. The van der Waals surface area contributed by atoms with Crippen LogP contribution in [0, 0.1) is 6.92 Å². The first kappa shape index (κ1) is 10.7. The number of imidazole rings is 1. The Balaban J connectivity index is 2.13. The Bertz CT molecular complexity index is 709. The van der Waals surface area contributed by atoms with Crippen LogP contribution < -0.4 is 5.73 Å². The number of nitrogens with two attached hydrogens (primary N) is 1. The number of anilines is 1. The molecule has 3 aromatic heterocycles. The summed E-state index contributed by atoms with van der Waals surface area (Å²) in [7, 11) is 1.89. The fraction of sp³-hybridized carbons (Fsp3) is 0.273. The highest BCUT2D eigenvalue weighted by Gasteiger charge is 2.12. The highest BCUT2D eigenvalue weighted by Crippen LogP contribution is 2.17. The van der Waals surface area contributed by atoms with E-state index < -0.39 is 0 Å². The van der Waals surface area contributed by atoms with E-state index >= 15 is 0 Å². The van der Waals surface area contributed by atoms with Gasteiger partial charge in [-0.1, -0.05) is 0 Å². The van der Waals surface area contributed by atoms with Gasteiger partial charge >= 0.3 is 0 Å². The summed E-state index contributed by atoms with van der Waals surface area (Å²) in [5, 5.41) is 7.89. The van der Waals surface area contributed by atoms with Crippen LogP contribution in [0.1, 0.15) is 11.5 Å². The molecule has 92 valence electrons. The lowest BCUT2D eigenvalue weighted by Crippen LogP contribution is -2.09. The van der Waals surface area contributed by atoms with E-state index in [1.807, 2.05) is 35.2 Å². The number of nitrogens with zero attached hydrogens (tertiary/aromatic N) is 6. The molecule has 0 aliphatic carbocycles. The molecule has 0 aliphatic rings. The maximum Gasteiger partial charge on any atom is 0.202 e. The van der Waals surface area contributed by atoms with E-state index in [0.717, 1.165) is 22.7 Å². The highest BCUT2D eigenvalue weighted by atomic mass is 15.3. The Morgan fingerprint density at radius 2 is 2.11 bits per heavy atom. The monoisotopic (exact) mass is 243 g/mol. The number of nitrogen functional groups attached to an aromatic ring is 1. The molecule has 0 aliphatic heterocycles. The summed E-state index contributed by atoms with van der Waals surface area (Å²) in [6.07, 6.45) is 1.66. The van der Waals surface area contributed by atoms with Gasteiger partial charge in [0.1, 0.15) is 11.8 Å². The maximum atomic E-state index is 5.92. The van der Waals surface area contributed by atoms with Crippen molar-refractivity contribution in [2.75, 3.05) is 5.73 Å². The van der Waals surface area contributed by atoms with Gasteiger partial charge in [0.2, 0.25) is 5.95 Å².